The van der Waals surface area contributed by atoms with E-state index in [1.165, 1.54) is 55.6 Å². The molecule has 21 aromatic rings. The molecule has 0 fully saturated rings. The normalized spacial score (nSPS) is 11.5. The fourth-order valence-corrected chi connectivity index (χ4v) is 28.2. The Morgan fingerprint density at radius 3 is 0.945 bits per heavy atom. The minimum Gasteiger partial charge on any atom is -0.500 e. The van der Waals surface area contributed by atoms with Crippen LogP contribution in [0.1, 0.15) is 115 Å². The van der Waals surface area contributed by atoms with Crippen molar-refractivity contribution in [2.24, 2.45) is 17.8 Å². The van der Waals surface area contributed by atoms with Crippen molar-refractivity contribution in [2.75, 3.05) is 0 Å². The quantitative estimate of drug-likeness (QED) is 0.0576. The number of hydrogen-bond acceptors (Lipinski definition) is 9. The zero-order valence-electron chi connectivity index (χ0n) is 87.7. The Balaban J connectivity index is 0.000000147. The van der Waals surface area contributed by atoms with Gasteiger partial charge in [0.15, 0.2) is 0 Å². The minimum absolute atomic E-state index is 0. The van der Waals surface area contributed by atoms with Gasteiger partial charge in [0.2, 0.25) is 0 Å². The number of hydrogen-bond donors (Lipinski definition) is 0. The van der Waals surface area contributed by atoms with Crippen LogP contribution in [0.15, 0.2) is 360 Å². The van der Waals surface area contributed by atoms with Gasteiger partial charge < -0.3 is 28.2 Å². The van der Waals surface area contributed by atoms with Crippen LogP contribution in [-0.2, 0) is 85.0 Å². The van der Waals surface area contributed by atoms with E-state index in [1.54, 1.807) is 13.2 Å². The van der Waals surface area contributed by atoms with Gasteiger partial charge >= 0.3 is 377 Å². The summed E-state index contributed by atoms with van der Waals surface area (Å²) in [6.07, 6.45) is 15.4. The fraction of sp³-hybridized carbons (Fsp3) is 0.221. The van der Waals surface area contributed by atoms with Crippen molar-refractivity contribution in [1.82, 2.24) is 29.9 Å². The van der Waals surface area contributed by atoms with Crippen LogP contribution in [0, 0.1) is 61.1 Å². The fourth-order valence-electron chi connectivity index (χ4n) is 18.2. The summed E-state index contributed by atoms with van der Waals surface area (Å²) in [6, 6.07) is 126. The Labute approximate surface area is 913 Å². The maximum atomic E-state index is 6.13. The molecule has 3 radical (unpaired) electrons. The van der Waals surface area contributed by atoms with E-state index in [1.807, 2.05) is 122 Å². The van der Waals surface area contributed by atoms with Gasteiger partial charge in [-0.2, -0.15) is 0 Å². The van der Waals surface area contributed by atoms with Crippen LogP contribution < -0.4 is 13.2 Å². The predicted molar refractivity (Wildman–Crippen MR) is 611 cm³/mol. The summed E-state index contributed by atoms with van der Waals surface area (Å²) >= 11 is -5.57. The number of fused-ring (bicyclic) bond motifs is 9. The third kappa shape index (κ3) is 28.5. The molecule has 15 heteroatoms. The predicted octanol–water partition coefficient (Wildman–Crippen LogP) is 33.9. The van der Waals surface area contributed by atoms with E-state index in [2.05, 4.69) is 411 Å². The first-order chi connectivity index (χ1) is 68.6. The molecule has 0 saturated carbocycles. The smallest absolute Gasteiger partial charge is 0.121 e. The number of aromatic nitrogens is 6. The van der Waals surface area contributed by atoms with Crippen molar-refractivity contribution in [3.8, 4) is 101 Å². The molecule has 0 bridgehead atoms. The van der Waals surface area contributed by atoms with Crippen LogP contribution >= 0.6 is 0 Å². The van der Waals surface area contributed by atoms with Gasteiger partial charge in [0.05, 0.1) is 16.7 Å². The molecule has 0 N–H and O–H groups in total. The standard InChI is InChI=1S/C27H22NO.C26H20NO.C24H16NO.3C18H24GeN.3Ir/c1-27(2,3)21-13-14-28-24(17-21)20-10-12-25-23(15-20)22-11-9-19(16-26(22)29-25)18-7-5-4-6-8-18;1-17(2)19-12-13-27-24(15-19)21-9-11-25-23(14-21)22-10-8-20(16-26(22)28-25)18-6-4-3-5-7-18;1-16-11-12-25-22(13-16)19-8-10-24-21(15-19)20-14-18(7-9-23(20)26-24)17-5-3-2-4-6-17;3*1-14(2)11-16-12-18(15-9-7-6-8-10-15)20-13-17(16)19(3,4)5;;;/h4-9,11-17H,1-3H3;3-8,10-17H,1-2H3;2-7,9-15H,1H3;3*6-9,12-14H,11H2,1-5H3;;;/q6*-1;;;. The Bertz CT molecular complexity index is 7670. The third-order valence-electron chi connectivity index (χ3n) is 25.6. The zero-order valence-corrected chi connectivity index (χ0v) is 101. The first-order valence-corrected chi connectivity index (χ1v) is 72.2. The van der Waals surface area contributed by atoms with E-state index in [4.69, 9.17) is 28.2 Å². The van der Waals surface area contributed by atoms with E-state index in [0.29, 0.717) is 23.7 Å². The van der Waals surface area contributed by atoms with E-state index < -0.39 is 39.8 Å². The summed E-state index contributed by atoms with van der Waals surface area (Å²) in [5.41, 5.74) is 32.8. The minimum atomic E-state index is -1.86. The topological polar surface area (TPSA) is 117 Å². The van der Waals surface area contributed by atoms with E-state index in [-0.39, 0.29) is 65.7 Å². The summed E-state index contributed by atoms with van der Waals surface area (Å²) in [5, 5.41) is 6.63. The molecule has 21 rings (SSSR count). The van der Waals surface area contributed by atoms with Crippen LogP contribution in [-0.4, -0.2) is 69.7 Å². The van der Waals surface area contributed by atoms with Crippen molar-refractivity contribution in [1.29, 1.82) is 0 Å². The Hall–Kier alpha value is -11.5. The summed E-state index contributed by atoms with van der Waals surface area (Å²) in [7, 11) is 0. The van der Waals surface area contributed by atoms with Gasteiger partial charge in [0.25, 0.3) is 0 Å². The number of benzene rings is 12. The molecule has 9 nitrogen and oxygen atoms in total. The van der Waals surface area contributed by atoms with Gasteiger partial charge in [-0.3, -0.25) is 0 Å². The van der Waals surface area contributed by atoms with Crippen molar-refractivity contribution in [3.63, 3.8) is 0 Å². The van der Waals surface area contributed by atoms with Crippen LogP contribution in [0.5, 0.6) is 0 Å². The van der Waals surface area contributed by atoms with E-state index in [0.717, 1.165) is 164 Å². The molecule has 146 heavy (non-hydrogen) atoms. The third-order valence-corrected chi connectivity index (χ3v) is 38.6. The van der Waals surface area contributed by atoms with Gasteiger partial charge in [0, 0.05) is 95.1 Å². The molecular weight excluding hydrogens is 2500 g/mol. The molecule has 0 aliphatic carbocycles. The first-order valence-electron chi connectivity index (χ1n) is 50.1. The molecular formula is C131H130Ge3Ir3N6O3-6. The summed E-state index contributed by atoms with van der Waals surface area (Å²) in [6.45, 7) is 26.8. The molecule has 0 unspecified atom stereocenters. The van der Waals surface area contributed by atoms with Crippen LogP contribution in [0.25, 0.3) is 167 Å². The second-order valence-corrected chi connectivity index (χ2v) is 74.7. The summed E-state index contributed by atoms with van der Waals surface area (Å²) < 4.78 is 22.9. The van der Waals surface area contributed by atoms with Gasteiger partial charge in [-0.15, -0.1) is 71.3 Å². The van der Waals surface area contributed by atoms with Crippen molar-refractivity contribution in [2.45, 2.75) is 165 Å². The second-order valence-electron chi connectivity index (χ2n) is 43.0. The Morgan fingerprint density at radius 1 is 0.274 bits per heavy atom. The van der Waals surface area contributed by atoms with Crippen LogP contribution in [0.4, 0.5) is 0 Å². The zero-order chi connectivity index (χ0) is 101. The Morgan fingerprint density at radius 2 is 0.596 bits per heavy atom. The van der Waals surface area contributed by atoms with Gasteiger partial charge in [-0.25, -0.2) is 0 Å². The van der Waals surface area contributed by atoms with Crippen LogP contribution in [0.2, 0.25) is 51.8 Å². The second kappa shape index (κ2) is 50.0. The van der Waals surface area contributed by atoms with Gasteiger partial charge in [-0.05, 0) is 117 Å². The van der Waals surface area contributed by atoms with Crippen molar-refractivity contribution in [3.05, 3.63) is 416 Å². The molecule has 9 aromatic heterocycles. The number of pyridine rings is 6. The van der Waals surface area contributed by atoms with Crippen molar-refractivity contribution >= 4 is 119 Å². The molecule has 0 amide bonds. The van der Waals surface area contributed by atoms with Gasteiger partial charge in [-0.1, -0.05) is 201 Å². The molecule has 0 aliphatic heterocycles. The average molecular weight is 2630 g/mol. The maximum absolute atomic E-state index is 6.13. The SMILES string of the molecule is CC(C)(C)c1ccnc(-c2[c-]cc3oc4cc(-c5ccccc5)ccc4c3c2)c1.CC(C)Cc1cc(-c2[c-]cccc2)nc[c]1[Ge]([CH3])([CH3])[CH3].CC(C)Cc1cc(-c2[c-]cccc2)nc[c]1[Ge]([CH3])([CH3])[CH3].CC(C)Cc1cc(-c2[c-]cccc2)nc[c]1[Ge]([CH3])([CH3])[CH3].CC(C)c1ccnc(-c2[c-]cc3oc4cc(-c5ccccc5)ccc4c3c2)c1.Cc1ccnc(-c2[c-]cc3oc4ccc(-c5ccccc5)cc4c3c2)c1.[Ir].[Ir].[Ir]. The monoisotopic (exact) mass is 2640 g/mol. The summed E-state index contributed by atoms with van der Waals surface area (Å²) in [5.74, 6) is 24.4. The number of rotatable bonds is 19. The average Bonchev–Trinajstić information content (AvgIpc) is 1.63. The molecule has 12 aromatic carbocycles. The number of furan rings is 3. The molecule has 9 heterocycles. The molecule has 0 saturated heterocycles. The number of nitrogens with zero attached hydrogens (tertiary/aromatic N) is 6. The molecule has 747 valence electrons. The Kier molecular flexibility index (Phi) is 38.3. The largest absolute Gasteiger partial charge is 0.500 e. The van der Waals surface area contributed by atoms with E-state index in [9.17, 15) is 0 Å². The first kappa shape index (κ1) is 112. The molecule has 0 spiro atoms. The molecule has 0 atom stereocenters. The van der Waals surface area contributed by atoms with Gasteiger partial charge in [0.1, 0.15) is 16.7 Å². The molecule has 0 aliphatic rings. The maximum Gasteiger partial charge on any atom is 0.121 e. The van der Waals surface area contributed by atoms with Crippen LogP contribution in [0.3, 0.4) is 0 Å². The summed E-state index contributed by atoms with van der Waals surface area (Å²) in [4.78, 5) is 27.7. The van der Waals surface area contributed by atoms with E-state index >= 15 is 0 Å². The van der Waals surface area contributed by atoms with Crippen molar-refractivity contribution < 1.29 is 73.6 Å². The number of aryl methyl sites for hydroxylation is 1.